The number of carbonyl (C=O) groups excluding carboxylic acids is 2. The number of rotatable bonds is 13. The predicted octanol–water partition coefficient (Wildman–Crippen LogP) is 5.04. The van der Waals surface area contributed by atoms with Gasteiger partial charge in [0.15, 0.2) is 11.5 Å². The van der Waals surface area contributed by atoms with E-state index in [0.717, 1.165) is 21.0 Å². The van der Waals surface area contributed by atoms with Gasteiger partial charge in [0, 0.05) is 31.6 Å². The normalized spacial score (nSPS) is 11.8. The molecule has 46 heavy (non-hydrogen) atoms. The molecule has 9 nitrogen and oxygen atoms in total. The average molecular weight is 648 g/mol. The highest BCUT2D eigenvalue weighted by atomic mass is 32.2. The van der Waals surface area contributed by atoms with E-state index in [4.69, 9.17) is 9.47 Å². The molecule has 242 valence electrons. The minimum Gasteiger partial charge on any atom is -0.493 e. The third kappa shape index (κ3) is 7.84. The zero-order valence-electron chi connectivity index (χ0n) is 26.5. The lowest BCUT2D eigenvalue weighted by Crippen LogP contribution is -2.53. The van der Waals surface area contributed by atoms with Gasteiger partial charge in [-0.15, -0.1) is 0 Å². The molecule has 2 amide bonds. The first-order valence-electron chi connectivity index (χ1n) is 14.6. The van der Waals surface area contributed by atoms with E-state index in [1.54, 1.807) is 18.2 Å². The third-order valence-corrected chi connectivity index (χ3v) is 9.30. The summed E-state index contributed by atoms with van der Waals surface area (Å²) in [6, 6.07) is 23.4. The number of anilines is 1. The van der Waals surface area contributed by atoms with Crippen LogP contribution in [0.1, 0.15) is 22.3 Å². The predicted molar refractivity (Wildman–Crippen MR) is 175 cm³/mol. The maximum absolute atomic E-state index is 15.0. The van der Waals surface area contributed by atoms with Crippen LogP contribution in [0, 0.1) is 19.7 Å². The number of sulfonamides is 1. The molecule has 0 bridgehead atoms. The van der Waals surface area contributed by atoms with Crippen LogP contribution >= 0.6 is 0 Å². The third-order valence-electron chi connectivity index (χ3n) is 7.53. The second-order valence-corrected chi connectivity index (χ2v) is 12.7. The van der Waals surface area contributed by atoms with Crippen molar-refractivity contribution in [1.29, 1.82) is 0 Å². The minimum atomic E-state index is -4.39. The van der Waals surface area contributed by atoms with Crippen LogP contribution in [0.25, 0.3) is 0 Å². The van der Waals surface area contributed by atoms with Crippen LogP contribution in [-0.4, -0.2) is 59.0 Å². The molecule has 1 N–H and O–H groups in total. The molecule has 0 aliphatic heterocycles. The van der Waals surface area contributed by atoms with Gasteiger partial charge in [0.1, 0.15) is 18.4 Å². The van der Waals surface area contributed by atoms with Gasteiger partial charge in [0.25, 0.3) is 10.0 Å². The lowest BCUT2D eigenvalue weighted by atomic mass is 10.0. The molecule has 4 aromatic carbocycles. The van der Waals surface area contributed by atoms with Crippen molar-refractivity contribution in [2.75, 3.05) is 32.1 Å². The van der Waals surface area contributed by atoms with Gasteiger partial charge >= 0.3 is 0 Å². The average Bonchev–Trinajstić information content (AvgIpc) is 3.05. The number of methoxy groups -OCH3 is 2. The summed E-state index contributed by atoms with van der Waals surface area (Å²) in [6.45, 7) is 2.71. The molecule has 0 spiro atoms. The number of carbonyl (C=O) groups is 2. The molecule has 0 heterocycles. The van der Waals surface area contributed by atoms with E-state index < -0.39 is 40.2 Å². The number of benzene rings is 4. The van der Waals surface area contributed by atoms with Crippen molar-refractivity contribution in [3.8, 4) is 11.5 Å². The zero-order valence-corrected chi connectivity index (χ0v) is 27.3. The fourth-order valence-corrected chi connectivity index (χ4v) is 6.67. The van der Waals surface area contributed by atoms with Crippen molar-refractivity contribution >= 4 is 27.5 Å². The Bertz CT molecular complexity index is 1780. The second kappa shape index (κ2) is 14.9. The molecule has 0 aliphatic carbocycles. The number of aryl methyl sites for hydroxylation is 2. The van der Waals surface area contributed by atoms with Crippen LogP contribution in [0.15, 0.2) is 95.9 Å². The first-order chi connectivity index (χ1) is 22.0. The molecule has 4 aromatic rings. The molecule has 0 unspecified atom stereocenters. The van der Waals surface area contributed by atoms with Crippen LogP contribution < -0.4 is 19.1 Å². The highest BCUT2D eigenvalue weighted by Crippen LogP contribution is 2.33. The van der Waals surface area contributed by atoms with E-state index in [9.17, 15) is 22.4 Å². The van der Waals surface area contributed by atoms with E-state index >= 15 is 0 Å². The Morgan fingerprint density at radius 1 is 0.848 bits per heavy atom. The lowest BCUT2D eigenvalue weighted by Gasteiger charge is -2.33. The summed E-state index contributed by atoms with van der Waals surface area (Å²) in [5.41, 5.74) is 2.77. The molecule has 0 radical (unpaired) electrons. The van der Waals surface area contributed by atoms with Crippen molar-refractivity contribution in [2.45, 2.75) is 37.8 Å². The molecular formula is C35H38FN3O6S. The summed E-state index contributed by atoms with van der Waals surface area (Å²) in [4.78, 5) is 28.9. The Balaban J connectivity index is 1.85. The summed E-state index contributed by atoms with van der Waals surface area (Å²) in [6.07, 6.45) is 0.118. The monoisotopic (exact) mass is 647 g/mol. The van der Waals surface area contributed by atoms with Gasteiger partial charge in [-0.1, -0.05) is 54.6 Å². The smallest absolute Gasteiger partial charge is 0.264 e. The maximum atomic E-state index is 15.0. The molecule has 0 aromatic heterocycles. The Morgan fingerprint density at radius 3 is 2.09 bits per heavy atom. The minimum absolute atomic E-state index is 0.118. The van der Waals surface area contributed by atoms with E-state index in [2.05, 4.69) is 5.32 Å². The standard InChI is InChI=1S/C35H38FN3O6S/c1-24-17-25(2)19-28(18-24)39(46(42,43)29-15-16-32(44-4)33(21-29)45-5)23-34(40)38(22-27-13-9-10-14-30(27)36)31(35(41)37-3)20-26-11-7-6-8-12-26/h6-19,21,31H,20,22-23H2,1-5H3,(H,37,41)/t31-/m0/s1. The number of hydrogen-bond acceptors (Lipinski definition) is 6. The Morgan fingerprint density at radius 2 is 1.48 bits per heavy atom. The number of halogens is 1. The summed E-state index contributed by atoms with van der Waals surface area (Å²) >= 11 is 0. The van der Waals surface area contributed by atoms with Gasteiger partial charge in [0.05, 0.1) is 24.8 Å². The first-order valence-corrected chi connectivity index (χ1v) is 16.0. The number of amides is 2. The number of hydrogen-bond donors (Lipinski definition) is 1. The lowest BCUT2D eigenvalue weighted by molar-refractivity contribution is -0.139. The highest BCUT2D eigenvalue weighted by Gasteiger charge is 2.35. The summed E-state index contributed by atoms with van der Waals surface area (Å²) in [7, 11) is -0.102. The number of nitrogens with zero attached hydrogens (tertiary/aromatic N) is 2. The molecular weight excluding hydrogens is 609 g/mol. The fraction of sp³-hybridized carbons (Fsp3) is 0.257. The zero-order chi connectivity index (χ0) is 33.4. The second-order valence-electron chi connectivity index (χ2n) is 10.8. The Kier molecular flexibility index (Phi) is 11.0. The molecule has 0 aliphatic rings. The van der Waals surface area contributed by atoms with Gasteiger partial charge in [-0.25, -0.2) is 12.8 Å². The van der Waals surface area contributed by atoms with Gasteiger partial charge in [0.2, 0.25) is 11.8 Å². The van der Waals surface area contributed by atoms with Gasteiger partial charge < -0.3 is 19.7 Å². The van der Waals surface area contributed by atoms with Gasteiger partial charge in [-0.05, 0) is 60.9 Å². The summed E-state index contributed by atoms with van der Waals surface area (Å²) in [5, 5.41) is 2.62. The van der Waals surface area contributed by atoms with Crippen molar-refractivity contribution < 1.29 is 31.9 Å². The van der Waals surface area contributed by atoms with Gasteiger partial charge in [-0.3, -0.25) is 13.9 Å². The van der Waals surface area contributed by atoms with Crippen LogP contribution in [0.2, 0.25) is 0 Å². The molecule has 4 rings (SSSR count). The quantitative estimate of drug-likeness (QED) is 0.218. The summed E-state index contributed by atoms with van der Waals surface area (Å²) < 4.78 is 55.4. The largest absolute Gasteiger partial charge is 0.493 e. The number of nitrogens with one attached hydrogen (secondary N) is 1. The van der Waals surface area contributed by atoms with Crippen molar-refractivity contribution in [3.63, 3.8) is 0 Å². The molecule has 0 saturated heterocycles. The summed E-state index contributed by atoms with van der Waals surface area (Å²) in [5.74, 6) is -1.20. The Hall–Kier alpha value is -4.90. The van der Waals surface area contributed by atoms with Crippen molar-refractivity contribution in [3.05, 3.63) is 119 Å². The van der Waals surface area contributed by atoms with Crippen LogP contribution in [-0.2, 0) is 32.6 Å². The highest BCUT2D eigenvalue weighted by molar-refractivity contribution is 7.92. The van der Waals surface area contributed by atoms with Crippen molar-refractivity contribution in [1.82, 2.24) is 10.2 Å². The van der Waals surface area contributed by atoms with Crippen LogP contribution in [0.4, 0.5) is 10.1 Å². The SMILES string of the molecule is CNC(=O)[C@H](Cc1ccccc1)N(Cc1ccccc1F)C(=O)CN(c1cc(C)cc(C)c1)S(=O)(=O)c1ccc(OC)c(OC)c1. The molecule has 1 atom stereocenters. The molecule has 0 fully saturated rings. The van der Waals surface area contributed by atoms with E-state index in [1.165, 1.54) is 62.6 Å². The van der Waals surface area contributed by atoms with E-state index in [0.29, 0.717) is 5.75 Å². The van der Waals surface area contributed by atoms with E-state index in [1.807, 2.05) is 50.2 Å². The van der Waals surface area contributed by atoms with Gasteiger partial charge in [-0.2, -0.15) is 0 Å². The van der Waals surface area contributed by atoms with Crippen LogP contribution in [0.5, 0.6) is 11.5 Å². The Labute approximate surface area is 269 Å². The fourth-order valence-electron chi connectivity index (χ4n) is 5.26. The topological polar surface area (TPSA) is 105 Å². The van der Waals surface area contributed by atoms with Crippen molar-refractivity contribution in [2.24, 2.45) is 0 Å². The number of ether oxygens (including phenoxy) is 2. The van der Waals surface area contributed by atoms with Crippen LogP contribution in [0.3, 0.4) is 0 Å². The van der Waals surface area contributed by atoms with E-state index in [-0.39, 0.29) is 34.9 Å². The first kappa shape index (κ1) is 34.0. The molecule has 11 heteroatoms. The maximum Gasteiger partial charge on any atom is 0.264 e. The number of likely N-dealkylation sites (N-methyl/N-ethyl adjacent to an activating group) is 1. The molecule has 0 saturated carbocycles.